The van der Waals surface area contributed by atoms with Gasteiger partial charge in [-0.05, 0) is 25.0 Å². The van der Waals surface area contributed by atoms with Gasteiger partial charge in [-0.2, -0.15) is 0 Å². The molecule has 0 aliphatic carbocycles. The Balaban J connectivity index is 1.59. The molecule has 1 saturated heterocycles. The third kappa shape index (κ3) is 3.33. The Morgan fingerprint density at radius 2 is 2.38 bits per heavy atom. The summed E-state index contributed by atoms with van der Waals surface area (Å²) in [5.41, 5.74) is 0. The van der Waals surface area contributed by atoms with Gasteiger partial charge in [0.05, 0.1) is 12.8 Å². The second-order valence-electron chi connectivity index (χ2n) is 5.21. The molecule has 2 aromatic rings. The van der Waals surface area contributed by atoms with E-state index in [9.17, 15) is 0 Å². The predicted molar refractivity (Wildman–Crippen MR) is 82.4 cm³/mol. The summed E-state index contributed by atoms with van der Waals surface area (Å²) in [5.74, 6) is 2.82. The number of hydrogen-bond acceptors (Lipinski definition) is 6. The van der Waals surface area contributed by atoms with Crippen LogP contribution in [0.5, 0.6) is 0 Å². The monoisotopic (exact) mass is 287 g/mol. The minimum atomic E-state index is 0.472. The van der Waals surface area contributed by atoms with E-state index in [-0.39, 0.29) is 0 Å². The topological polar surface area (TPSA) is 66.2 Å². The third-order valence-corrected chi connectivity index (χ3v) is 3.84. The molecule has 0 bridgehead atoms. The average molecular weight is 287 g/mol. The van der Waals surface area contributed by atoms with Crippen molar-refractivity contribution < 1.29 is 4.42 Å². The quantitative estimate of drug-likeness (QED) is 0.845. The predicted octanol–water partition coefficient (Wildman–Crippen LogP) is 1.87. The Labute approximate surface area is 124 Å². The molecule has 3 heterocycles. The fourth-order valence-electron chi connectivity index (χ4n) is 2.77. The van der Waals surface area contributed by atoms with E-state index in [1.54, 1.807) is 12.6 Å². The van der Waals surface area contributed by atoms with Gasteiger partial charge in [0, 0.05) is 32.2 Å². The maximum absolute atomic E-state index is 5.33. The summed E-state index contributed by atoms with van der Waals surface area (Å²) >= 11 is 0. The van der Waals surface area contributed by atoms with E-state index in [0.29, 0.717) is 6.04 Å². The second-order valence-corrected chi connectivity index (χ2v) is 5.21. The fraction of sp³-hybridized carbons (Fsp3) is 0.467. The molecule has 1 unspecified atom stereocenters. The lowest BCUT2D eigenvalue weighted by Crippen LogP contribution is -2.38. The molecule has 2 N–H and O–H groups in total. The fourth-order valence-corrected chi connectivity index (χ4v) is 2.77. The van der Waals surface area contributed by atoms with Gasteiger partial charge in [0.1, 0.15) is 23.7 Å². The lowest BCUT2D eigenvalue weighted by Gasteiger charge is -2.26. The van der Waals surface area contributed by atoms with E-state index in [4.69, 9.17) is 4.42 Å². The molecule has 0 spiro atoms. The van der Waals surface area contributed by atoms with Gasteiger partial charge >= 0.3 is 0 Å². The van der Waals surface area contributed by atoms with Crippen molar-refractivity contribution in [3.05, 3.63) is 36.5 Å². The van der Waals surface area contributed by atoms with Crippen LogP contribution in [0.3, 0.4) is 0 Å². The number of rotatable bonds is 6. The Morgan fingerprint density at radius 1 is 1.43 bits per heavy atom. The second kappa shape index (κ2) is 6.58. The van der Waals surface area contributed by atoms with E-state index in [2.05, 4.69) is 25.5 Å². The standard InChI is InChI=1S/C15H21N5O/c1-16-14-8-15(19-11-18-14)20-6-2-4-12(20)9-17-10-13-5-3-7-21-13/h3,5,7-8,11-12,17H,2,4,6,9-10H2,1H3,(H,16,18,19). The first kappa shape index (κ1) is 13.9. The molecular formula is C15H21N5O. The van der Waals surface area contributed by atoms with Crippen molar-refractivity contribution in [2.24, 2.45) is 0 Å². The minimum absolute atomic E-state index is 0.472. The Kier molecular flexibility index (Phi) is 4.35. The Morgan fingerprint density at radius 3 is 3.19 bits per heavy atom. The van der Waals surface area contributed by atoms with Crippen LogP contribution in [0.25, 0.3) is 0 Å². The molecule has 1 aliphatic heterocycles. The van der Waals surface area contributed by atoms with Crippen molar-refractivity contribution in [2.75, 3.05) is 30.4 Å². The SMILES string of the molecule is CNc1cc(N2CCCC2CNCc2ccco2)ncn1. The zero-order valence-corrected chi connectivity index (χ0v) is 12.2. The Hall–Kier alpha value is -2.08. The number of nitrogens with one attached hydrogen (secondary N) is 2. The molecule has 0 radical (unpaired) electrons. The van der Waals surface area contributed by atoms with Crippen LogP contribution < -0.4 is 15.5 Å². The summed E-state index contributed by atoms with van der Waals surface area (Å²) in [6, 6.07) is 6.38. The van der Waals surface area contributed by atoms with Crippen LogP contribution >= 0.6 is 0 Å². The molecule has 1 fully saturated rings. The highest BCUT2D eigenvalue weighted by Gasteiger charge is 2.25. The van der Waals surface area contributed by atoms with Crippen LogP contribution in [0.4, 0.5) is 11.6 Å². The highest BCUT2D eigenvalue weighted by Crippen LogP contribution is 2.24. The highest BCUT2D eigenvalue weighted by atomic mass is 16.3. The molecule has 0 saturated carbocycles. The van der Waals surface area contributed by atoms with Crippen molar-refractivity contribution >= 4 is 11.6 Å². The van der Waals surface area contributed by atoms with E-state index >= 15 is 0 Å². The largest absolute Gasteiger partial charge is 0.468 e. The molecule has 0 aromatic carbocycles. The molecule has 21 heavy (non-hydrogen) atoms. The zero-order chi connectivity index (χ0) is 14.5. The van der Waals surface area contributed by atoms with Gasteiger partial charge in [0.15, 0.2) is 0 Å². The van der Waals surface area contributed by atoms with Crippen LogP contribution in [-0.2, 0) is 6.54 Å². The summed E-state index contributed by atoms with van der Waals surface area (Å²) in [5, 5.41) is 6.53. The van der Waals surface area contributed by atoms with Crippen molar-refractivity contribution in [3.63, 3.8) is 0 Å². The van der Waals surface area contributed by atoms with E-state index in [1.165, 1.54) is 12.8 Å². The molecule has 112 valence electrons. The third-order valence-electron chi connectivity index (χ3n) is 3.84. The molecule has 6 nitrogen and oxygen atoms in total. The van der Waals surface area contributed by atoms with Crippen molar-refractivity contribution in [3.8, 4) is 0 Å². The number of nitrogens with zero attached hydrogens (tertiary/aromatic N) is 3. The lowest BCUT2D eigenvalue weighted by molar-refractivity contribution is 0.471. The molecular weight excluding hydrogens is 266 g/mol. The Bertz CT molecular complexity index is 557. The van der Waals surface area contributed by atoms with Gasteiger partial charge < -0.3 is 20.0 Å². The summed E-state index contributed by atoms with van der Waals surface area (Å²) < 4.78 is 5.33. The molecule has 1 aliphatic rings. The summed E-state index contributed by atoms with van der Waals surface area (Å²) in [6.45, 7) is 2.75. The van der Waals surface area contributed by atoms with Crippen LogP contribution in [0.2, 0.25) is 0 Å². The van der Waals surface area contributed by atoms with Crippen LogP contribution in [0.1, 0.15) is 18.6 Å². The maximum atomic E-state index is 5.33. The first-order valence-electron chi connectivity index (χ1n) is 7.36. The van der Waals surface area contributed by atoms with Gasteiger partial charge in [-0.15, -0.1) is 0 Å². The molecule has 3 rings (SSSR count). The summed E-state index contributed by atoms with van der Waals surface area (Å²) in [6.07, 6.45) is 5.71. The number of hydrogen-bond donors (Lipinski definition) is 2. The zero-order valence-electron chi connectivity index (χ0n) is 12.2. The first-order chi connectivity index (χ1) is 10.4. The van der Waals surface area contributed by atoms with Crippen molar-refractivity contribution in [2.45, 2.75) is 25.4 Å². The number of furan rings is 1. The van der Waals surface area contributed by atoms with Gasteiger partial charge in [0.25, 0.3) is 0 Å². The summed E-state index contributed by atoms with van der Waals surface area (Å²) in [4.78, 5) is 10.9. The lowest BCUT2D eigenvalue weighted by atomic mass is 10.2. The molecule has 1 atom stereocenters. The van der Waals surface area contributed by atoms with E-state index in [1.807, 2.05) is 25.2 Å². The van der Waals surface area contributed by atoms with Crippen molar-refractivity contribution in [1.82, 2.24) is 15.3 Å². The number of anilines is 2. The van der Waals surface area contributed by atoms with Crippen molar-refractivity contribution in [1.29, 1.82) is 0 Å². The van der Waals surface area contributed by atoms with E-state index < -0.39 is 0 Å². The molecule has 6 heteroatoms. The van der Waals surface area contributed by atoms with Gasteiger partial charge in [-0.1, -0.05) is 0 Å². The van der Waals surface area contributed by atoms with Gasteiger partial charge in [-0.25, -0.2) is 9.97 Å². The normalized spacial score (nSPS) is 18.1. The molecule has 2 aromatic heterocycles. The average Bonchev–Trinajstić information content (AvgIpc) is 3.19. The van der Waals surface area contributed by atoms with Crippen LogP contribution in [0, 0.1) is 0 Å². The smallest absolute Gasteiger partial charge is 0.134 e. The highest BCUT2D eigenvalue weighted by molar-refractivity contribution is 5.49. The number of aromatic nitrogens is 2. The minimum Gasteiger partial charge on any atom is -0.468 e. The van der Waals surface area contributed by atoms with Gasteiger partial charge in [0.2, 0.25) is 0 Å². The molecule has 0 amide bonds. The van der Waals surface area contributed by atoms with Crippen LogP contribution in [0.15, 0.2) is 35.2 Å². The maximum Gasteiger partial charge on any atom is 0.134 e. The summed E-state index contributed by atoms with van der Waals surface area (Å²) in [7, 11) is 1.87. The van der Waals surface area contributed by atoms with E-state index in [0.717, 1.165) is 37.0 Å². The van der Waals surface area contributed by atoms with Crippen LogP contribution in [-0.4, -0.2) is 36.1 Å². The van der Waals surface area contributed by atoms with Gasteiger partial charge in [-0.3, -0.25) is 0 Å². The first-order valence-corrected chi connectivity index (χ1v) is 7.36.